The Labute approximate surface area is 65.5 Å². The standard InChI is InChI=1S/C7H8BN3/c1-5-2-6(8)7-10-9-4-11(7)3-5/h2-4H,8H2,1H3. The van der Waals surface area contributed by atoms with Crippen LogP contribution >= 0.6 is 0 Å². The van der Waals surface area contributed by atoms with Crippen molar-refractivity contribution < 1.29 is 0 Å². The molecule has 2 rings (SSSR count). The molecule has 0 fully saturated rings. The molecule has 0 atom stereocenters. The fraction of sp³-hybridized carbons (Fsp3) is 0.143. The topological polar surface area (TPSA) is 30.2 Å². The molecule has 0 aromatic carbocycles. The van der Waals surface area contributed by atoms with Crippen molar-refractivity contribution in [2.75, 3.05) is 0 Å². The summed E-state index contributed by atoms with van der Waals surface area (Å²) in [6.45, 7) is 2.06. The predicted octanol–water partition coefficient (Wildman–Crippen LogP) is -0.704. The van der Waals surface area contributed by atoms with Crippen LogP contribution in [0.15, 0.2) is 18.6 Å². The van der Waals surface area contributed by atoms with Gasteiger partial charge in [-0.2, -0.15) is 0 Å². The zero-order valence-corrected chi connectivity index (χ0v) is 6.57. The fourth-order valence-electron chi connectivity index (χ4n) is 1.28. The van der Waals surface area contributed by atoms with E-state index in [4.69, 9.17) is 0 Å². The van der Waals surface area contributed by atoms with E-state index in [1.54, 1.807) is 6.33 Å². The number of aromatic nitrogens is 3. The van der Waals surface area contributed by atoms with Gasteiger partial charge in [0, 0.05) is 6.20 Å². The molecule has 0 aliphatic heterocycles. The summed E-state index contributed by atoms with van der Waals surface area (Å²) in [4.78, 5) is 0. The molecule has 2 heterocycles. The van der Waals surface area contributed by atoms with Crippen molar-refractivity contribution in [3.05, 3.63) is 24.2 Å². The van der Waals surface area contributed by atoms with E-state index in [2.05, 4.69) is 23.2 Å². The van der Waals surface area contributed by atoms with Gasteiger partial charge in [-0.25, -0.2) is 0 Å². The highest BCUT2D eigenvalue weighted by Crippen LogP contribution is 1.97. The molecule has 0 bridgehead atoms. The van der Waals surface area contributed by atoms with Crippen molar-refractivity contribution in [1.82, 2.24) is 14.6 Å². The van der Waals surface area contributed by atoms with Gasteiger partial charge in [-0.05, 0) is 17.9 Å². The molecular formula is C7H8BN3. The summed E-state index contributed by atoms with van der Waals surface area (Å²) in [5, 5.41) is 7.79. The molecule has 3 nitrogen and oxygen atoms in total. The van der Waals surface area contributed by atoms with Crippen LogP contribution < -0.4 is 5.46 Å². The van der Waals surface area contributed by atoms with E-state index in [0.29, 0.717) is 0 Å². The molecule has 4 heteroatoms. The molecule has 0 aliphatic rings. The lowest BCUT2D eigenvalue weighted by Gasteiger charge is -1.97. The zero-order valence-electron chi connectivity index (χ0n) is 6.57. The normalized spacial score (nSPS) is 10.6. The maximum Gasteiger partial charge on any atom is 0.154 e. The summed E-state index contributed by atoms with van der Waals surface area (Å²) < 4.78 is 1.94. The molecular weight excluding hydrogens is 137 g/mol. The predicted molar refractivity (Wildman–Crippen MR) is 45.9 cm³/mol. The van der Waals surface area contributed by atoms with Crippen LogP contribution in [0.2, 0.25) is 0 Å². The summed E-state index contributed by atoms with van der Waals surface area (Å²) in [5.74, 6) is 0. The highest BCUT2D eigenvalue weighted by atomic mass is 15.2. The number of hydrogen-bond donors (Lipinski definition) is 0. The van der Waals surface area contributed by atoms with Gasteiger partial charge in [-0.15, -0.1) is 10.2 Å². The maximum atomic E-state index is 3.97. The van der Waals surface area contributed by atoms with Crippen molar-refractivity contribution in [1.29, 1.82) is 0 Å². The Bertz CT molecular complexity index is 393. The first kappa shape index (κ1) is 6.40. The van der Waals surface area contributed by atoms with Gasteiger partial charge in [0.2, 0.25) is 0 Å². The number of nitrogens with zero attached hydrogens (tertiary/aromatic N) is 3. The van der Waals surface area contributed by atoms with E-state index in [-0.39, 0.29) is 0 Å². The van der Waals surface area contributed by atoms with Crippen molar-refractivity contribution in [3.63, 3.8) is 0 Å². The molecule has 0 saturated carbocycles. The third kappa shape index (κ3) is 0.907. The number of fused-ring (bicyclic) bond motifs is 1. The largest absolute Gasteiger partial charge is 0.289 e. The summed E-state index contributed by atoms with van der Waals surface area (Å²) in [6, 6.07) is 2.10. The maximum absolute atomic E-state index is 3.97. The Morgan fingerprint density at radius 2 is 2.36 bits per heavy atom. The molecule has 0 aliphatic carbocycles. The van der Waals surface area contributed by atoms with E-state index >= 15 is 0 Å². The van der Waals surface area contributed by atoms with E-state index in [0.717, 1.165) is 5.65 Å². The Balaban J connectivity index is 2.91. The lowest BCUT2D eigenvalue weighted by atomic mass is 9.96. The molecule has 0 saturated heterocycles. The highest BCUT2D eigenvalue weighted by molar-refractivity contribution is 6.36. The van der Waals surface area contributed by atoms with Crippen LogP contribution in [0.1, 0.15) is 5.56 Å². The third-order valence-corrected chi connectivity index (χ3v) is 1.71. The van der Waals surface area contributed by atoms with E-state index < -0.39 is 0 Å². The first-order valence-corrected chi connectivity index (χ1v) is 3.54. The lowest BCUT2D eigenvalue weighted by molar-refractivity contribution is 1.10. The van der Waals surface area contributed by atoms with Crippen molar-refractivity contribution in [3.8, 4) is 0 Å². The molecule has 2 aromatic heterocycles. The minimum atomic E-state index is 0.940. The van der Waals surface area contributed by atoms with Crippen LogP contribution in [0.4, 0.5) is 0 Å². The van der Waals surface area contributed by atoms with Crippen molar-refractivity contribution in [2.45, 2.75) is 6.92 Å². The second-order valence-electron chi connectivity index (χ2n) is 2.76. The Morgan fingerprint density at radius 1 is 1.55 bits per heavy atom. The highest BCUT2D eigenvalue weighted by Gasteiger charge is 1.98. The van der Waals surface area contributed by atoms with Crippen LogP contribution in [0.3, 0.4) is 0 Å². The summed E-state index contributed by atoms with van der Waals surface area (Å²) in [6.07, 6.45) is 3.73. The van der Waals surface area contributed by atoms with Crippen LogP contribution in [-0.4, -0.2) is 22.4 Å². The van der Waals surface area contributed by atoms with Crippen LogP contribution in [0.25, 0.3) is 5.65 Å². The summed E-state index contributed by atoms with van der Waals surface area (Å²) in [7, 11) is 2.04. The summed E-state index contributed by atoms with van der Waals surface area (Å²) >= 11 is 0. The van der Waals surface area contributed by atoms with Crippen molar-refractivity contribution in [2.24, 2.45) is 0 Å². The SMILES string of the molecule is Bc1cc(C)cn2cnnc12. The van der Waals surface area contributed by atoms with Crippen LogP contribution in [0, 0.1) is 6.92 Å². The van der Waals surface area contributed by atoms with Gasteiger partial charge >= 0.3 is 0 Å². The smallest absolute Gasteiger partial charge is 0.154 e. The molecule has 54 valence electrons. The van der Waals surface area contributed by atoms with Gasteiger partial charge in [0.15, 0.2) is 5.65 Å². The Kier molecular flexibility index (Phi) is 1.21. The van der Waals surface area contributed by atoms with Gasteiger partial charge in [-0.1, -0.05) is 6.07 Å². The Morgan fingerprint density at radius 3 is 3.18 bits per heavy atom. The molecule has 0 N–H and O–H groups in total. The summed E-state index contributed by atoms with van der Waals surface area (Å²) in [5.41, 5.74) is 3.34. The second-order valence-corrected chi connectivity index (χ2v) is 2.76. The average Bonchev–Trinajstić information content (AvgIpc) is 2.34. The van der Waals surface area contributed by atoms with Gasteiger partial charge in [0.05, 0.1) is 0 Å². The quantitative estimate of drug-likeness (QED) is 0.458. The van der Waals surface area contributed by atoms with E-state index in [1.165, 1.54) is 11.0 Å². The second kappa shape index (κ2) is 2.08. The number of hydrogen-bond acceptors (Lipinski definition) is 2. The van der Waals surface area contributed by atoms with E-state index in [9.17, 15) is 0 Å². The molecule has 0 unspecified atom stereocenters. The molecule has 0 amide bonds. The van der Waals surface area contributed by atoms with E-state index in [1.807, 2.05) is 18.4 Å². The average molecular weight is 145 g/mol. The number of pyridine rings is 1. The van der Waals surface area contributed by atoms with Gasteiger partial charge in [0.1, 0.15) is 14.2 Å². The van der Waals surface area contributed by atoms with Gasteiger partial charge in [-0.3, -0.25) is 4.40 Å². The molecule has 0 radical (unpaired) electrons. The first-order chi connectivity index (χ1) is 5.27. The minimum Gasteiger partial charge on any atom is -0.289 e. The van der Waals surface area contributed by atoms with Gasteiger partial charge in [0.25, 0.3) is 0 Å². The monoisotopic (exact) mass is 145 g/mol. The molecule has 2 aromatic rings. The number of aryl methyl sites for hydroxylation is 1. The zero-order chi connectivity index (χ0) is 7.84. The number of rotatable bonds is 0. The first-order valence-electron chi connectivity index (χ1n) is 3.54. The van der Waals surface area contributed by atoms with Crippen LogP contribution in [-0.2, 0) is 0 Å². The van der Waals surface area contributed by atoms with Crippen LogP contribution in [0.5, 0.6) is 0 Å². The van der Waals surface area contributed by atoms with Gasteiger partial charge < -0.3 is 0 Å². The Hall–Kier alpha value is -1.32. The molecule has 0 spiro atoms. The molecule has 11 heavy (non-hydrogen) atoms. The minimum absolute atomic E-state index is 0.940. The third-order valence-electron chi connectivity index (χ3n) is 1.71. The fourth-order valence-corrected chi connectivity index (χ4v) is 1.28. The lowest BCUT2D eigenvalue weighted by Crippen LogP contribution is -2.08. The van der Waals surface area contributed by atoms with Crippen molar-refractivity contribution >= 4 is 19.0 Å².